The first-order valence-electron chi connectivity index (χ1n) is 6.16. The molecule has 2 aromatic heterocycles. The number of aromatic nitrogens is 3. The summed E-state index contributed by atoms with van der Waals surface area (Å²) < 4.78 is 2.10. The van der Waals surface area contributed by atoms with Crippen molar-refractivity contribution in [1.29, 1.82) is 0 Å². The van der Waals surface area contributed by atoms with Gasteiger partial charge in [-0.2, -0.15) is 0 Å². The summed E-state index contributed by atoms with van der Waals surface area (Å²) in [6.07, 6.45) is 6.40. The summed E-state index contributed by atoms with van der Waals surface area (Å²) in [4.78, 5) is 8.74. The van der Waals surface area contributed by atoms with E-state index >= 15 is 0 Å². The molecule has 0 spiro atoms. The monoisotopic (exact) mass is 298 g/mol. The van der Waals surface area contributed by atoms with Crippen molar-refractivity contribution >= 4 is 23.2 Å². The summed E-state index contributed by atoms with van der Waals surface area (Å²) in [7, 11) is 1.86. The zero-order valence-electron chi connectivity index (χ0n) is 10.9. The maximum absolute atomic E-state index is 6.23. The Balaban J connectivity index is 2.41. The topological polar surface area (TPSA) is 42.7 Å². The van der Waals surface area contributed by atoms with E-state index in [-0.39, 0.29) is 6.04 Å². The van der Waals surface area contributed by atoms with Gasteiger partial charge in [-0.3, -0.25) is 4.98 Å². The van der Waals surface area contributed by atoms with E-state index < -0.39 is 0 Å². The minimum Gasteiger partial charge on any atom is -0.333 e. The Kier molecular flexibility index (Phi) is 4.80. The van der Waals surface area contributed by atoms with Crippen LogP contribution in [-0.4, -0.2) is 21.6 Å². The van der Waals surface area contributed by atoms with Crippen molar-refractivity contribution in [2.45, 2.75) is 25.9 Å². The van der Waals surface area contributed by atoms with E-state index in [1.54, 1.807) is 18.5 Å². The number of aryl methyl sites for hydroxylation is 1. The molecule has 0 saturated heterocycles. The lowest BCUT2D eigenvalue weighted by atomic mass is 10.1. The summed E-state index contributed by atoms with van der Waals surface area (Å²) in [6, 6.07) is 1.55. The van der Waals surface area contributed by atoms with E-state index in [4.69, 9.17) is 23.2 Å². The Hall–Kier alpha value is -1.10. The van der Waals surface area contributed by atoms with Crippen LogP contribution in [0.15, 0.2) is 24.7 Å². The van der Waals surface area contributed by atoms with Crippen molar-refractivity contribution in [3.8, 4) is 0 Å². The molecular weight excluding hydrogens is 283 g/mol. The summed E-state index contributed by atoms with van der Waals surface area (Å²) >= 11 is 12.1. The van der Waals surface area contributed by atoms with E-state index in [1.807, 2.05) is 13.2 Å². The fourth-order valence-electron chi connectivity index (χ4n) is 2.04. The van der Waals surface area contributed by atoms with Crippen LogP contribution >= 0.6 is 23.2 Å². The first-order chi connectivity index (χ1) is 9.17. The quantitative estimate of drug-likeness (QED) is 0.921. The number of nitrogens with one attached hydrogen (secondary N) is 1. The van der Waals surface area contributed by atoms with Gasteiger partial charge in [-0.1, -0.05) is 30.1 Å². The van der Waals surface area contributed by atoms with Crippen molar-refractivity contribution < 1.29 is 0 Å². The Morgan fingerprint density at radius 1 is 1.37 bits per heavy atom. The third-order valence-electron chi connectivity index (χ3n) is 2.87. The van der Waals surface area contributed by atoms with Crippen molar-refractivity contribution in [3.05, 3.63) is 46.2 Å². The molecule has 0 bridgehead atoms. The molecule has 0 amide bonds. The molecule has 6 heteroatoms. The van der Waals surface area contributed by atoms with Crippen LogP contribution in [0.1, 0.15) is 30.9 Å². The predicted molar refractivity (Wildman–Crippen MR) is 77.7 cm³/mol. The van der Waals surface area contributed by atoms with Crippen LogP contribution in [0, 0.1) is 0 Å². The molecule has 1 atom stereocenters. The van der Waals surface area contributed by atoms with Gasteiger partial charge in [0.2, 0.25) is 0 Å². The lowest BCUT2D eigenvalue weighted by Crippen LogP contribution is -2.23. The van der Waals surface area contributed by atoms with Gasteiger partial charge in [0, 0.05) is 25.1 Å². The van der Waals surface area contributed by atoms with E-state index in [9.17, 15) is 0 Å². The van der Waals surface area contributed by atoms with E-state index in [1.165, 1.54) is 0 Å². The minimum atomic E-state index is -0.147. The molecule has 1 N–H and O–H groups in total. The molecule has 19 heavy (non-hydrogen) atoms. The highest BCUT2D eigenvalue weighted by molar-refractivity contribution is 6.34. The maximum atomic E-state index is 6.23. The second-order valence-corrected chi connectivity index (χ2v) is 5.06. The van der Waals surface area contributed by atoms with Gasteiger partial charge >= 0.3 is 0 Å². The average molecular weight is 299 g/mol. The van der Waals surface area contributed by atoms with Gasteiger partial charge < -0.3 is 9.88 Å². The van der Waals surface area contributed by atoms with Crippen LogP contribution in [0.3, 0.4) is 0 Å². The highest BCUT2D eigenvalue weighted by Crippen LogP contribution is 2.27. The van der Waals surface area contributed by atoms with Crippen molar-refractivity contribution in [2.75, 3.05) is 7.05 Å². The third kappa shape index (κ3) is 3.08. The van der Waals surface area contributed by atoms with Crippen LogP contribution < -0.4 is 5.32 Å². The largest absolute Gasteiger partial charge is 0.333 e. The molecule has 1 unspecified atom stereocenters. The average Bonchev–Trinajstić information content (AvgIpc) is 2.82. The number of hydrogen-bond donors (Lipinski definition) is 1. The van der Waals surface area contributed by atoms with Gasteiger partial charge in [-0.25, -0.2) is 4.98 Å². The van der Waals surface area contributed by atoms with Crippen molar-refractivity contribution in [2.24, 2.45) is 0 Å². The Morgan fingerprint density at radius 3 is 2.79 bits per heavy atom. The molecule has 2 rings (SSSR count). The van der Waals surface area contributed by atoms with Crippen molar-refractivity contribution in [1.82, 2.24) is 19.9 Å². The molecular formula is C13H16Cl2N4. The number of rotatable bonds is 5. The molecule has 0 fully saturated rings. The second-order valence-electron chi connectivity index (χ2n) is 4.22. The zero-order chi connectivity index (χ0) is 13.8. The van der Waals surface area contributed by atoms with E-state index in [0.717, 1.165) is 24.5 Å². The highest BCUT2D eigenvalue weighted by Gasteiger charge is 2.21. The fourth-order valence-corrected chi connectivity index (χ4v) is 2.53. The van der Waals surface area contributed by atoms with Gasteiger partial charge in [0.05, 0.1) is 15.7 Å². The molecule has 0 radical (unpaired) electrons. The molecule has 0 aliphatic carbocycles. The molecule has 102 valence electrons. The molecule has 0 aliphatic rings. The Morgan fingerprint density at radius 2 is 2.16 bits per heavy atom. The first kappa shape index (κ1) is 14.3. The SMILES string of the molecule is CCCn1ccnc1C(NC)c1ncc(Cl)cc1Cl. The predicted octanol–water partition coefficient (Wildman–Crippen LogP) is 3.30. The van der Waals surface area contributed by atoms with Crippen LogP contribution in [0.5, 0.6) is 0 Å². The number of nitrogens with zero attached hydrogens (tertiary/aromatic N) is 3. The summed E-state index contributed by atoms with van der Waals surface area (Å²) in [6.45, 7) is 3.05. The lowest BCUT2D eigenvalue weighted by molar-refractivity contribution is 0.559. The lowest BCUT2D eigenvalue weighted by Gasteiger charge is -2.18. The number of hydrogen-bond acceptors (Lipinski definition) is 3. The van der Waals surface area contributed by atoms with Gasteiger partial charge in [0.15, 0.2) is 0 Å². The zero-order valence-corrected chi connectivity index (χ0v) is 12.4. The van der Waals surface area contributed by atoms with E-state index in [0.29, 0.717) is 10.0 Å². The number of pyridine rings is 1. The van der Waals surface area contributed by atoms with E-state index in [2.05, 4.69) is 26.8 Å². The normalized spacial score (nSPS) is 12.6. The van der Waals surface area contributed by atoms with Crippen molar-refractivity contribution in [3.63, 3.8) is 0 Å². The summed E-state index contributed by atoms with van der Waals surface area (Å²) in [5, 5.41) is 4.27. The first-order valence-corrected chi connectivity index (χ1v) is 6.92. The van der Waals surface area contributed by atoms with Crippen LogP contribution in [0.2, 0.25) is 10.0 Å². The fraction of sp³-hybridized carbons (Fsp3) is 0.385. The standard InChI is InChI=1S/C13H16Cl2N4/c1-3-5-19-6-4-17-13(19)12(16-2)11-10(15)7-9(14)8-18-11/h4,6-8,12,16H,3,5H2,1-2H3. The van der Waals surface area contributed by atoms with Gasteiger partial charge in [0.25, 0.3) is 0 Å². The summed E-state index contributed by atoms with van der Waals surface area (Å²) in [5.74, 6) is 0.904. The van der Waals surface area contributed by atoms with Crippen LogP contribution in [0.25, 0.3) is 0 Å². The van der Waals surface area contributed by atoms with Gasteiger partial charge in [0.1, 0.15) is 11.9 Å². The number of halogens is 2. The molecule has 2 aromatic rings. The highest BCUT2D eigenvalue weighted by atomic mass is 35.5. The molecule has 4 nitrogen and oxygen atoms in total. The minimum absolute atomic E-state index is 0.147. The summed E-state index contributed by atoms with van der Waals surface area (Å²) in [5.41, 5.74) is 0.733. The Labute approximate surface area is 122 Å². The molecule has 0 saturated carbocycles. The molecule has 2 heterocycles. The Bertz CT molecular complexity index is 553. The number of imidazole rings is 1. The smallest absolute Gasteiger partial charge is 0.132 e. The van der Waals surface area contributed by atoms with Gasteiger partial charge in [-0.05, 0) is 19.5 Å². The molecule has 0 aliphatic heterocycles. The maximum Gasteiger partial charge on any atom is 0.132 e. The third-order valence-corrected chi connectivity index (χ3v) is 3.38. The van der Waals surface area contributed by atoms with Crippen LogP contribution in [0.4, 0.5) is 0 Å². The second kappa shape index (κ2) is 6.37. The van der Waals surface area contributed by atoms with Crippen LogP contribution in [-0.2, 0) is 6.54 Å². The molecule has 0 aromatic carbocycles. The van der Waals surface area contributed by atoms with Gasteiger partial charge in [-0.15, -0.1) is 0 Å².